The summed E-state index contributed by atoms with van der Waals surface area (Å²) in [7, 11) is 0. The van der Waals surface area contributed by atoms with Gasteiger partial charge in [0.15, 0.2) is 0 Å². The second kappa shape index (κ2) is 7.94. The molecular weight excluding hydrogens is 335 g/mol. The Kier molecular flexibility index (Phi) is 5.94. The van der Waals surface area contributed by atoms with Gasteiger partial charge < -0.3 is 9.84 Å². The molecule has 0 atom stereocenters. The Hall–Kier alpha value is -1.67. The van der Waals surface area contributed by atoms with Crippen LogP contribution in [-0.4, -0.2) is 11.7 Å². The number of aliphatic hydroxyl groups excluding tert-OH is 1. The molecule has 0 saturated heterocycles. The molecule has 0 fully saturated rings. The van der Waals surface area contributed by atoms with Crippen molar-refractivity contribution in [3.63, 3.8) is 0 Å². The van der Waals surface area contributed by atoms with Crippen molar-refractivity contribution in [2.24, 2.45) is 0 Å². The van der Waals surface area contributed by atoms with Gasteiger partial charge in [-0.3, -0.25) is 0 Å². The zero-order chi connectivity index (χ0) is 15.1. The molecule has 21 heavy (non-hydrogen) atoms. The van der Waals surface area contributed by atoms with Crippen LogP contribution < -0.4 is 0 Å². The summed E-state index contributed by atoms with van der Waals surface area (Å²) in [5.74, 6) is 4.80. The average Bonchev–Trinajstić information content (AvgIpc) is 2.49. The molecule has 0 amide bonds. The highest BCUT2D eigenvalue weighted by atomic mass is 79.9. The second-order valence-electron chi connectivity index (χ2n) is 4.39. The van der Waals surface area contributed by atoms with Gasteiger partial charge >= 0.3 is 0 Å². The van der Waals surface area contributed by atoms with Gasteiger partial charge in [-0.25, -0.2) is 4.39 Å². The summed E-state index contributed by atoms with van der Waals surface area (Å²) in [6, 6.07) is 12.5. The normalized spacial score (nSPS) is 10.0. The number of aliphatic hydroxyl groups is 1. The molecule has 0 saturated carbocycles. The van der Waals surface area contributed by atoms with Gasteiger partial charge in [-0.15, -0.1) is 0 Å². The van der Waals surface area contributed by atoms with Gasteiger partial charge in [0.2, 0.25) is 0 Å². The van der Waals surface area contributed by atoms with Gasteiger partial charge in [0.1, 0.15) is 12.4 Å². The van der Waals surface area contributed by atoms with E-state index in [0.29, 0.717) is 17.7 Å². The molecular formula is C17H14BrFO2. The third kappa shape index (κ3) is 4.98. The lowest BCUT2D eigenvalue weighted by Crippen LogP contribution is -1.97. The summed E-state index contributed by atoms with van der Waals surface area (Å²) in [4.78, 5) is 0. The van der Waals surface area contributed by atoms with Gasteiger partial charge in [-0.05, 0) is 29.8 Å². The van der Waals surface area contributed by atoms with Crippen molar-refractivity contribution in [3.05, 3.63) is 69.4 Å². The number of hydrogen-bond acceptors (Lipinski definition) is 2. The molecule has 0 aliphatic heterocycles. The zero-order valence-electron chi connectivity index (χ0n) is 11.3. The van der Waals surface area contributed by atoms with E-state index < -0.39 is 0 Å². The third-order valence-electron chi connectivity index (χ3n) is 2.80. The number of halogens is 2. The standard InChI is InChI=1S/C17H14BrFO2/c18-16-7-4-14(5-8-16)11-21-12-15-6-3-13(2-1-9-20)10-17(15)19/h3-8,10,20H,9,11-12H2. The Morgan fingerprint density at radius 2 is 1.86 bits per heavy atom. The monoisotopic (exact) mass is 348 g/mol. The summed E-state index contributed by atoms with van der Waals surface area (Å²) < 4.78 is 20.4. The lowest BCUT2D eigenvalue weighted by atomic mass is 10.1. The molecule has 2 aromatic carbocycles. The molecule has 108 valence electrons. The summed E-state index contributed by atoms with van der Waals surface area (Å²) in [6.45, 7) is 0.397. The van der Waals surface area contributed by atoms with Crippen molar-refractivity contribution >= 4 is 15.9 Å². The van der Waals surface area contributed by atoms with Crippen molar-refractivity contribution in [2.75, 3.05) is 6.61 Å². The Labute approximate surface area is 131 Å². The van der Waals surface area contributed by atoms with E-state index in [2.05, 4.69) is 27.8 Å². The molecule has 0 bridgehead atoms. The maximum atomic E-state index is 13.8. The Bertz CT molecular complexity index is 657. The fraction of sp³-hybridized carbons (Fsp3) is 0.176. The molecule has 0 aromatic heterocycles. The summed E-state index contributed by atoms with van der Waals surface area (Å²) in [5, 5.41) is 8.60. The molecule has 0 unspecified atom stereocenters. The smallest absolute Gasteiger partial charge is 0.129 e. The lowest BCUT2D eigenvalue weighted by molar-refractivity contribution is 0.105. The fourth-order valence-corrected chi connectivity index (χ4v) is 2.01. The van der Waals surface area contributed by atoms with Crippen LogP contribution in [0.2, 0.25) is 0 Å². The first-order valence-corrected chi connectivity index (χ1v) is 7.18. The SMILES string of the molecule is OCC#Cc1ccc(COCc2ccc(Br)cc2)c(F)c1. The molecule has 2 rings (SSSR count). The molecule has 0 aliphatic rings. The quantitative estimate of drug-likeness (QED) is 0.854. The van der Waals surface area contributed by atoms with E-state index in [0.717, 1.165) is 10.0 Å². The minimum absolute atomic E-state index is 0.204. The third-order valence-corrected chi connectivity index (χ3v) is 3.33. The van der Waals surface area contributed by atoms with Crippen LogP contribution in [0.4, 0.5) is 4.39 Å². The molecule has 0 spiro atoms. The molecule has 0 radical (unpaired) electrons. The van der Waals surface area contributed by atoms with E-state index in [-0.39, 0.29) is 19.0 Å². The Balaban J connectivity index is 1.92. The first-order valence-electron chi connectivity index (χ1n) is 6.39. The Morgan fingerprint density at radius 1 is 1.10 bits per heavy atom. The van der Waals surface area contributed by atoms with Crippen molar-refractivity contribution in [2.45, 2.75) is 13.2 Å². The summed E-state index contributed by atoms with van der Waals surface area (Å²) in [5.41, 5.74) is 2.06. The number of ether oxygens (including phenoxy) is 1. The van der Waals surface area contributed by atoms with Gasteiger partial charge in [-0.2, -0.15) is 0 Å². The maximum absolute atomic E-state index is 13.8. The van der Waals surface area contributed by atoms with Crippen molar-refractivity contribution in [1.82, 2.24) is 0 Å². The van der Waals surface area contributed by atoms with Crippen LogP contribution in [0, 0.1) is 17.7 Å². The highest BCUT2D eigenvalue weighted by Gasteiger charge is 2.03. The van der Waals surface area contributed by atoms with Gasteiger partial charge in [0, 0.05) is 15.6 Å². The number of benzene rings is 2. The summed E-state index contributed by atoms with van der Waals surface area (Å²) in [6.07, 6.45) is 0. The topological polar surface area (TPSA) is 29.5 Å². The average molecular weight is 349 g/mol. The molecule has 4 heteroatoms. The second-order valence-corrected chi connectivity index (χ2v) is 5.30. The van der Waals surface area contributed by atoms with E-state index in [1.54, 1.807) is 12.1 Å². The first kappa shape index (κ1) is 15.7. The summed E-state index contributed by atoms with van der Waals surface area (Å²) >= 11 is 3.37. The predicted molar refractivity (Wildman–Crippen MR) is 83.0 cm³/mol. The van der Waals surface area contributed by atoms with Crippen LogP contribution in [0.1, 0.15) is 16.7 Å². The number of rotatable bonds is 4. The fourth-order valence-electron chi connectivity index (χ4n) is 1.74. The highest BCUT2D eigenvalue weighted by molar-refractivity contribution is 9.10. The predicted octanol–water partition coefficient (Wildman–Crippen LogP) is 3.65. The van der Waals surface area contributed by atoms with E-state index in [1.807, 2.05) is 24.3 Å². The van der Waals surface area contributed by atoms with E-state index in [9.17, 15) is 4.39 Å². The largest absolute Gasteiger partial charge is 0.384 e. The Morgan fingerprint density at radius 3 is 2.52 bits per heavy atom. The van der Waals surface area contributed by atoms with Crippen LogP contribution in [0.15, 0.2) is 46.9 Å². The van der Waals surface area contributed by atoms with Gasteiger partial charge in [-0.1, -0.05) is 46.0 Å². The zero-order valence-corrected chi connectivity index (χ0v) is 12.9. The molecule has 1 N–H and O–H groups in total. The minimum atomic E-state index is -0.351. The van der Waals surface area contributed by atoms with Crippen molar-refractivity contribution in [3.8, 4) is 11.8 Å². The molecule has 0 aliphatic carbocycles. The van der Waals surface area contributed by atoms with E-state index >= 15 is 0 Å². The minimum Gasteiger partial charge on any atom is -0.384 e. The lowest BCUT2D eigenvalue weighted by Gasteiger charge is -2.06. The molecule has 2 nitrogen and oxygen atoms in total. The van der Waals surface area contributed by atoms with Crippen LogP contribution in [-0.2, 0) is 18.0 Å². The van der Waals surface area contributed by atoms with Crippen LogP contribution in [0.3, 0.4) is 0 Å². The van der Waals surface area contributed by atoms with Crippen LogP contribution >= 0.6 is 15.9 Å². The van der Waals surface area contributed by atoms with Gasteiger partial charge in [0.25, 0.3) is 0 Å². The molecule has 2 aromatic rings. The van der Waals surface area contributed by atoms with E-state index in [4.69, 9.17) is 9.84 Å². The first-order chi connectivity index (χ1) is 10.2. The van der Waals surface area contributed by atoms with Crippen molar-refractivity contribution in [1.29, 1.82) is 0 Å². The molecule has 0 heterocycles. The van der Waals surface area contributed by atoms with Gasteiger partial charge in [0.05, 0.1) is 13.2 Å². The maximum Gasteiger partial charge on any atom is 0.129 e. The van der Waals surface area contributed by atoms with Crippen LogP contribution in [0.5, 0.6) is 0 Å². The number of hydrogen-bond donors (Lipinski definition) is 1. The highest BCUT2D eigenvalue weighted by Crippen LogP contribution is 2.14. The van der Waals surface area contributed by atoms with Crippen molar-refractivity contribution < 1.29 is 14.2 Å². The van der Waals surface area contributed by atoms with E-state index in [1.165, 1.54) is 6.07 Å². The van der Waals surface area contributed by atoms with Crippen LogP contribution in [0.25, 0.3) is 0 Å².